The highest BCUT2D eigenvalue weighted by Crippen LogP contribution is 2.41. The molecule has 0 unspecified atom stereocenters. The van der Waals surface area contributed by atoms with Gasteiger partial charge < -0.3 is 8.83 Å². The van der Waals surface area contributed by atoms with Crippen LogP contribution in [-0.2, 0) is 0 Å². The molecule has 0 saturated heterocycles. The number of furan rings is 2. The fourth-order valence-corrected chi connectivity index (χ4v) is 4.30. The Bertz CT molecular complexity index is 1630. The summed E-state index contributed by atoms with van der Waals surface area (Å²) in [5.74, 6) is 0. The van der Waals surface area contributed by atoms with E-state index in [0.29, 0.717) is 11.1 Å². The molecule has 0 radical (unpaired) electrons. The van der Waals surface area contributed by atoms with Crippen molar-refractivity contribution in [1.82, 2.24) is 0 Å². The van der Waals surface area contributed by atoms with E-state index in [4.69, 9.17) is 8.83 Å². The molecule has 6 rings (SSSR count). The summed E-state index contributed by atoms with van der Waals surface area (Å²) < 4.78 is 12.5. The van der Waals surface area contributed by atoms with Crippen LogP contribution in [0.3, 0.4) is 0 Å². The Kier molecular flexibility index (Phi) is 3.16. The third-order valence-corrected chi connectivity index (χ3v) is 5.56. The number of hydrogen-bond donors (Lipinski definition) is 0. The lowest BCUT2D eigenvalue weighted by Crippen LogP contribution is -1.80. The molecule has 2 heterocycles. The maximum absolute atomic E-state index is 9.57. The second kappa shape index (κ2) is 5.73. The van der Waals surface area contributed by atoms with Gasteiger partial charge in [-0.2, -0.15) is 5.26 Å². The maximum atomic E-state index is 9.57. The Labute approximate surface area is 166 Å². The molecular weight excluding hydrogens is 358 g/mol. The summed E-state index contributed by atoms with van der Waals surface area (Å²) in [5.41, 5.74) is 6.68. The van der Waals surface area contributed by atoms with Crippen molar-refractivity contribution in [3.63, 3.8) is 0 Å². The highest BCUT2D eigenvalue weighted by Gasteiger charge is 2.18. The normalized spacial score (nSPS) is 11.6. The average molecular weight is 373 g/mol. The molecule has 136 valence electrons. The monoisotopic (exact) mass is 373 g/mol. The summed E-state index contributed by atoms with van der Waals surface area (Å²) in [7, 11) is 0. The van der Waals surface area contributed by atoms with Crippen LogP contribution in [0.5, 0.6) is 0 Å². The van der Waals surface area contributed by atoms with Crippen molar-refractivity contribution in [2.45, 2.75) is 6.92 Å². The predicted octanol–water partition coefficient (Wildman–Crippen LogP) is 7.33. The minimum absolute atomic E-state index is 0.559. The number of hydrogen-bond acceptors (Lipinski definition) is 3. The van der Waals surface area contributed by atoms with Crippen molar-refractivity contribution in [3.05, 3.63) is 83.9 Å². The summed E-state index contributed by atoms with van der Waals surface area (Å²) >= 11 is 0. The first-order chi connectivity index (χ1) is 14.2. The molecule has 29 heavy (non-hydrogen) atoms. The number of nitriles is 1. The van der Waals surface area contributed by atoms with Gasteiger partial charge in [-0.15, -0.1) is 0 Å². The molecular formula is C26H15NO2. The lowest BCUT2D eigenvalue weighted by molar-refractivity contribution is 0.664. The predicted molar refractivity (Wildman–Crippen MR) is 116 cm³/mol. The Balaban J connectivity index is 1.75. The number of benzene rings is 4. The molecule has 0 bridgehead atoms. The smallest absolute Gasteiger partial charge is 0.153 e. The van der Waals surface area contributed by atoms with Crippen molar-refractivity contribution in [2.24, 2.45) is 0 Å². The minimum Gasteiger partial charge on any atom is -0.455 e. The molecule has 0 saturated carbocycles. The first kappa shape index (κ1) is 16.0. The van der Waals surface area contributed by atoms with Gasteiger partial charge >= 0.3 is 0 Å². The van der Waals surface area contributed by atoms with Crippen LogP contribution in [0.25, 0.3) is 55.0 Å². The van der Waals surface area contributed by atoms with Gasteiger partial charge in [0.25, 0.3) is 0 Å². The van der Waals surface area contributed by atoms with E-state index in [9.17, 15) is 5.26 Å². The summed E-state index contributed by atoms with van der Waals surface area (Å²) in [6.07, 6.45) is 0. The highest BCUT2D eigenvalue weighted by molar-refractivity contribution is 6.15. The second-order valence-corrected chi connectivity index (χ2v) is 7.37. The minimum atomic E-state index is 0.559. The third-order valence-electron chi connectivity index (χ3n) is 5.56. The van der Waals surface area contributed by atoms with Crippen LogP contribution in [0.1, 0.15) is 11.1 Å². The van der Waals surface area contributed by atoms with E-state index in [1.165, 1.54) is 0 Å². The zero-order valence-corrected chi connectivity index (χ0v) is 15.7. The van der Waals surface area contributed by atoms with Gasteiger partial charge in [0.1, 0.15) is 22.8 Å². The molecule has 6 aromatic rings. The number of fused-ring (bicyclic) bond motifs is 6. The van der Waals surface area contributed by atoms with Crippen LogP contribution >= 0.6 is 0 Å². The standard InChI is InChI=1S/C26H15NO2/c1-15-12-16(14-27)24-22(13-15)21-10-5-9-20(26(21)29-24)19-8-4-7-18-17-6-2-3-11-23(17)28-25(18)19/h2-13H,1H3. The SMILES string of the molecule is Cc1cc(C#N)c2oc3c(-c4cccc5c4oc4ccccc45)cccc3c2c1. The van der Waals surface area contributed by atoms with Crippen LogP contribution in [0.15, 0.2) is 81.6 Å². The first-order valence-corrected chi connectivity index (χ1v) is 9.51. The van der Waals surface area contributed by atoms with E-state index in [-0.39, 0.29) is 0 Å². The van der Waals surface area contributed by atoms with E-state index in [1.807, 2.05) is 55.5 Å². The van der Waals surface area contributed by atoms with Crippen LogP contribution in [0, 0.1) is 18.3 Å². The van der Waals surface area contributed by atoms with E-state index >= 15 is 0 Å². The summed E-state index contributed by atoms with van der Waals surface area (Å²) in [6, 6.07) is 26.6. The summed E-state index contributed by atoms with van der Waals surface area (Å²) in [6.45, 7) is 2.00. The largest absolute Gasteiger partial charge is 0.455 e. The molecule has 0 aliphatic rings. The molecule has 0 aliphatic heterocycles. The van der Waals surface area contributed by atoms with Crippen molar-refractivity contribution in [2.75, 3.05) is 0 Å². The third kappa shape index (κ3) is 2.17. The van der Waals surface area contributed by atoms with Gasteiger partial charge in [-0.1, -0.05) is 54.6 Å². The van der Waals surface area contributed by atoms with E-state index in [1.54, 1.807) is 0 Å². The van der Waals surface area contributed by atoms with Gasteiger partial charge in [-0.05, 0) is 30.7 Å². The molecule has 2 aromatic heterocycles. The Morgan fingerprint density at radius 1 is 0.655 bits per heavy atom. The highest BCUT2D eigenvalue weighted by atomic mass is 16.3. The van der Waals surface area contributed by atoms with E-state index in [2.05, 4.69) is 30.3 Å². The Morgan fingerprint density at radius 2 is 1.31 bits per heavy atom. The molecule has 0 fully saturated rings. The Hall–Kier alpha value is -4.03. The average Bonchev–Trinajstić information content (AvgIpc) is 3.31. The zero-order valence-electron chi connectivity index (χ0n) is 15.7. The van der Waals surface area contributed by atoms with Gasteiger partial charge in [0, 0.05) is 32.7 Å². The lowest BCUT2D eigenvalue weighted by atomic mass is 9.99. The number of aryl methyl sites for hydroxylation is 1. The van der Waals surface area contributed by atoms with Gasteiger partial charge in [-0.25, -0.2) is 0 Å². The van der Waals surface area contributed by atoms with E-state index < -0.39 is 0 Å². The molecule has 0 N–H and O–H groups in total. The molecule has 3 nitrogen and oxygen atoms in total. The second-order valence-electron chi connectivity index (χ2n) is 7.37. The molecule has 3 heteroatoms. The van der Waals surface area contributed by atoms with Crippen LogP contribution in [0.2, 0.25) is 0 Å². The quantitative estimate of drug-likeness (QED) is 0.303. The fraction of sp³-hybridized carbons (Fsp3) is 0.0385. The fourth-order valence-electron chi connectivity index (χ4n) is 4.30. The molecule has 0 amide bonds. The first-order valence-electron chi connectivity index (χ1n) is 9.51. The van der Waals surface area contributed by atoms with Gasteiger partial charge in [0.2, 0.25) is 0 Å². The number of nitrogens with zero attached hydrogens (tertiary/aromatic N) is 1. The van der Waals surface area contributed by atoms with E-state index in [0.717, 1.165) is 55.0 Å². The molecule has 0 spiro atoms. The topological polar surface area (TPSA) is 50.1 Å². The number of para-hydroxylation sites is 3. The Morgan fingerprint density at radius 3 is 2.07 bits per heavy atom. The van der Waals surface area contributed by atoms with Crippen LogP contribution < -0.4 is 0 Å². The molecule has 4 aromatic carbocycles. The van der Waals surface area contributed by atoms with Gasteiger partial charge in [0.05, 0.1) is 5.56 Å². The number of rotatable bonds is 1. The van der Waals surface area contributed by atoms with Crippen molar-refractivity contribution >= 4 is 43.9 Å². The van der Waals surface area contributed by atoms with Crippen molar-refractivity contribution in [1.29, 1.82) is 5.26 Å². The van der Waals surface area contributed by atoms with Crippen LogP contribution in [-0.4, -0.2) is 0 Å². The zero-order chi connectivity index (χ0) is 19.5. The summed E-state index contributed by atoms with van der Waals surface area (Å²) in [4.78, 5) is 0. The molecule has 0 aliphatic carbocycles. The maximum Gasteiger partial charge on any atom is 0.153 e. The summed E-state index contributed by atoms with van der Waals surface area (Å²) in [5, 5.41) is 13.7. The van der Waals surface area contributed by atoms with Crippen molar-refractivity contribution < 1.29 is 8.83 Å². The van der Waals surface area contributed by atoms with Gasteiger partial charge in [0.15, 0.2) is 5.58 Å². The molecule has 0 atom stereocenters. The van der Waals surface area contributed by atoms with Gasteiger partial charge in [-0.3, -0.25) is 0 Å². The lowest BCUT2D eigenvalue weighted by Gasteiger charge is -2.03. The van der Waals surface area contributed by atoms with Crippen molar-refractivity contribution in [3.8, 4) is 17.2 Å². The van der Waals surface area contributed by atoms with Crippen LogP contribution in [0.4, 0.5) is 0 Å².